The largest absolute Gasteiger partial charge is 0.332 e. The van der Waals surface area contributed by atoms with E-state index in [2.05, 4.69) is 9.97 Å². The van der Waals surface area contributed by atoms with Crippen molar-refractivity contribution in [3.8, 4) is 0 Å². The van der Waals surface area contributed by atoms with Crippen LogP contribution in [-0.2, 0) is 15.5 Å². The molecule has 1 aromatic rings. The van der Waals surface area contributed by atoms with Crippen LogP contribution in [0.2, 0.25) is 0 Å². The normalized spacial score (nSPS) is 11.8. The lowest BCUT2D eigenvalue weighted by molar-refractivity contribution is 0.606. The zero-order valence-corrected chi connectivity index (χ0v) is 7.41. The van der Waals surface area contributed by atoms with Crippen LogP contribution >= 0.6 is 10.7 Å². The number of H-pyrrole nitrogens is 1. The Labute approximate surface area is 69.0 Å². The Morgan fingerprint density at radius 3 is 2.64 bits per heavy atom. The Bertz CT molecular complexity index is 343. The summed E-state index contributed by atoms with van der Waals surface area (Å²) < 4.78 is 21.3. The molecule has 11 heavy (non-hydrogen) atoms. The molecule has 4 nitrogen and oxygen atoms in total. The minimum Gasteiger partial charge on any atom is -0.332 e. The van der Waals surface area contributed by atoms with E-state index in [1.165, 1.54) is 6.20 Å². The second-order valence-corrected chi connectivity index (χ2v) is 4.52. The first-order valence-corrected chi connectivity index (χ1v) is 5.33. The fourth-order valence-electron chi connectivity index (χ4n) is 0.647. The van der Waals surface area contributed by atoms with Gasteiger partial charge in [0.1, 0.15) is 5.82 Å². The van der Waals surface area contributed by atoms with Crippen LogP contribution in [0.3, 0.4) is 0 Å². The summed E-state index contributed by atoms with van der Waals surface area (Å²) in [5.74, 6) is 0.615. The van der Waals surface area contributed by atoms with Crippen LogP contribution in [0, 0.1) is 0 Å². The number of rotatable bonds is 2. The number of hydrogen-bond acceptors (Lipinski definition) is 3. The Hall–Kier alpha value is -0.550. The quantitative estimate of drug-likeness (QED) is 0.712. The third-order valence-electron chi connectivity index (χ3n) is 1.20. The maximum atomic E-state index is 10.7. The van der Waals surface area contributed by atoms with Gasteiger partial charge in [0.05, 0.1) is 6.20 Å². The summed E-state index contributed by atoms with van der Waals surface area (Å²) >= 11 is 0. The average molecular weight is 195 g/mol. The molecule has 0 radical (unpaired) electrons. The van der Waals surface area contributed by atoms with Crippen molar-refractivity contribution in [3.05, 3.63) is 12.0 Å². The standard InChI is InChI=1S/C5H7ClN2O2S/c1-2-4-7-3-5(8-4)11(6,9)10/h3H,2H2,1H3,(H,7,8). The highest BCUT2D eigenvalue weighted by Crippen LogP contribution is 2.11. The highest BCUT2D eigenvalue weighted by atomic mass is 35.7. The van der Waals surface area contributed by atoms with Crippen LogP contribution in [0.1, 0.15) is 12.7 Å². The predicted octanol–water partition coefficient (Wildman–Crippen LogP) is 0.900. The van der Waals surface area contributed by atoms with E-state index in [0.717, 1.165) is 0 Å². The number of halogens is 1. The number of nitrogens with zero attached hydrogens (tertiary/aromatic N) is 1. The summed E-state index contributed by atoms with van der Waals surface area (Å²) in [6, 6.07) is 0. The maximum Gasteiger partial charge on any atom is 0.278 e. The van der Waals surface area contributed by atoms with Gasteiger partial charge in [-0.25, -0.2) is 13.4 Å². The molecule has 0 atom stereocenters. The summed E-state index contributed by atoms with van der Waals surface area (Å²) in [5.41, 5.74) is 0. The summed E-state index contributed by atoms with van der Waals surface area (Å²) in [6.07, 6.45) is 1.87. The van der Waals surface area contributed by atoms with Gasteiger partial charge in [0.15, 0.2) is 5.03 Å². The van der Waals surface area contributed by atoms with Gasteiger partial charge in [0.25, 0.3) is 9.05 Å². The van der Waals surface area contributed by atoms with Crippen LogP contribution in [0.5, 0.6) is 0 Å². The zero-order chi connectivity index (χ0) is 8.48. The first-order valence-electron chi connectivity index (χ1n) is 3.02. The van der Waals surface area contributed by atoms with E-state index in [1.807, 2.05) is 6.92 Å². The summed E-state index contributed by atoms with van der Waals surface area (Å²) in [5, 5.41) is -0.0454. The van der Waals surface area contributed by atoms with Crippen molar-refractivity contribution >= 4 is 19.7 Å². The third-order valence-corrected chi connectivity index (χ3v) is 2.43. The molecule has 0 saturated heterocycles. The second kappa shape index (κ2) is 2.83. The lowest BCUT2D eigenvalue weighted by atomic mass is 10.5. The van der Waals surface area contributed by atoms with E-state index in [4.69, 9.17) is 10.7 Å². The van der Waals surface area contributed by atoms with Gasteiger partial charge in [-0.3, -0.25) is 0 Å². The first kappa shape index (κ1) is 8.55. The van der Waals surface area contributed by atoms with E-state index >= 15 is 0 Å². The first-order chi connectivity index (χ1) is 5.04. The van der Waals surface area contributed by atoms with Crippen molar-refractivity contribution in [2.75, 3.05) is 0 Å². The Balaban J connectivity index is 3.09. The molecule has 1 rings (SSSR count). The number of hydrogen-bond donors (Lipinski definition) is 1. The summed E-state index contributed by atoms with van der Waals surface area (Å²) in [6.45, 7) is 1.86. The van der Waals surface area contributed by atoms with Crippen LogP contribution in [0.4, 0.5) is 0 Å². The molecule has 0 unspecified atom stereocenters. The minimum absolute atomic E-state index is 0.0454. The maximum absolute atomic E-state index is 10.7. The molecule has 62 valence electrons. The summed E-state index contributed by atoms with van der Waals surface area (Å²) in [7, 11) is 1.39. The molecule has 6 heteroatoms. The molecule has 0 aliphatic carbocycles. The molecule has 0 spiro atoms. The molecule has 0 fully saturated rings. The van der Waals surface area contributed by atoms with E-state index in [1.54, 1.807) is 0 Å². The van der Waals surface area contributed by atoms with E-state index < -0.39 is 9.05 Å². The number of aromatic nitrogens is 2. The van der Waals surface area contributed by atoms with Gasteiger partial charge in [-0.05, 0) is 0 Å². The van der Waals surface area contributed by atoms with Gasteiger partial charge in [-0.15, -0.1) is 0 Å². The van der Waals surface area contributed by atoms with Crippen molar-refractivity contribution < 1.29 is 8.42 Å². The predicted molar refractivity (Wildman–Crippen MR) is 41.0 cm³/mol. The van der Waals surface area contributed by atoms with Gasteiger partial charge >= 0.3 is 0 Å². The number of aryl methyl sites for hydroxylation is 1. The highest BCUT2D eigenvalue weighted by Gasteiger charge is 2.12. The molecule has 1 N–H and O–H groups in total. The molecule has 0 aliphatic heterocycles. The molecule has 0 bridgehead atoms. The van der Waals surface area contributed by atoms with Gasteiger partial charge < -0.3 is 4.98 Å². The SMILES string of the molecule is CCc1ncc(S(=O)(=O)Cl)[nH]1. The molecule has 0 aromatic carbocycles. The molecular formula is C5H7ClN2O2S. The second-order valence-electron chi connectivity index (χ2n) is 1.99. The summed E-state index contributed by atoms with van der Waals surface area (Å²) in [4.78, 5) is 6.35. The molecule has 0 saturated carbocycles. The van der Waals surface area contributed by atoms with E-state index in [-0.39, 0.29) is 5.03 Å². The average Bonchev–Trinajstić information content (AvgIpc) is 2.32. The molecule has 1 aromatic heterocycles. The molecular weight excluding hydrogens is 188 g/mol. The van der Waals surface area contributed by atoms with Gasteiger partial charge in [-0.2, -0.15) is 0 Å². The van der Waals surface area contributed by atoms with Crippen LogP contribution in [0.25, 0.3) is 0 Å². The minimum atomic E-state index is -3.64. The van der Waals surface area contributed by atoms with E-state index in [9.17, 15) is 8.42 Å². The number of nitrogens with one attached hydrogen (secondary N) is 1. The Kier molecular flexibility index (Phi) is 2.20. The zero-order valence-electron chi connectivity index (χ0n) is 5.83. The highest BCUT2D eigenvalue weighted by molar-refractivity contribution is 8.13. The smallest absolute Gasteiger partial charge is 0.278 e. The lowest BCUT2D eigenvalue weighted by Gasteiger charge is -1.87. The van der Waals surface area contributed by atoms with Crippen LogP contribution < -0.4 is 0 Å². The van der Waals surface area contributed by atoms with Crippen molar-refractivity contribution in [1.82, 2.24) is 9.97 Å². The fourth-order valence-corrected chi connectivity index (χ4v) is 1.30. The number of aromatic amines is 1. The van der Waals surface area contributed by atoms with Crippen molar-refractivity contribution in [3.63, 3.8) is 0 Å². The molecule has 0 aliphatic rings. The molecule has 0 amide bonds. The van der Waals surface area contributed by atoms with Crippen LogP contribution in [-0.4, -0.2) is 18.4 Å². The van der Waals surface area contributed by atoms with Crippen molar-refractivity contribution in [2.24, 2.45) is 0 Å². The Morgan fingerprint density at radius 2 is 2.36 bits per heavy atom. The Morgan fingerprint density at radius 1 is 1.73 bits per heavy atom. The third kappa shape index (κ3) is 1.94. The van der Waals surface area contributed by atoms with E-state index in [0.29, 0.717) is 12.2 Å². The van der Waals surface area contributed by atoms with Gasteiger partial charge in [-0.1, -0.05) is 6.92 Å². The van der Waals surface area contributed by atoms with Gasteiger partial charge in [0.2, 0.25) is 0 Å². The lowest BCUT2D eigenvalue weighted by Crippen LogP contribution is -1.90. The fraction of sp³-hybridized carbons (Fsp3) is 0.400. The van der Waals surface area contributed by atoms with Gasteiger partial charge in [0, 0.05) is 17.1 Å². The number of imidazole rings is 1. The molecule has 1 heterocycles. The van der Waals surface area contributed by atoms with Crippen molar-refractivity contribution in [2.45, 2.75) is 18.4 Å². The monoisotopic (exact) mass is 194 g/mol. The van der Waals surface area contributed by atoms with Crippen LogP contribution in [0.15, 0.2) is 11.2 Å². The topological polar surface area (TPSA) is 62.8 Å². The van der Waals surface area contributed by atoms with Crippen molar-refractivity contribution in [1.29, 1.82) is 0 Å².